The standard InChI is InChI=1S/C27H31ClN2O4S/c1-19(2)16-26(21-12-14-25(34-3)15-13-21)29-27(31)22-10-8-20(9-11-22)18-30(35(4,32)33)24-7-5-6-23(28)17-24/h5-15,17,19,26H,16,18H2,1-4H3,(H,29,31)/t26-/m1/s1. The molecule has 3 aromatic carbocycles. The van der Waals surface area contributed by atoms with Crippen molar-refractivity contribution in [2.45, 2.75) is 32.9 Å². The summed E-state index contributed by atoms with van der Waals surface area (Å²) < 4.78 is 31.4. The fraction of sp³-hybridized carbons (Fsp3) is 0.296. The van der Waals surface area contributed by atoms with Crippen LogP contribution in [0.2, 0.25) is 5.02 Å². The van der Waals surface area contributed by atoms with E-state index >= 15 is 0 Å². The van der Waals surface area contributed by atoms with Crippen LogP contribution in [-0.2, 0) is 16.6 Å². The normalized spacial score (nSPS) is 12.3. The van der Waals surface area contributed by atoms with Gasteiger partial charge in [-0.1, -0.05) is 55.8 Å². The number of nitrogens with zero attached hydrogens (tertiary/aromatic N) is 1. The summed E-state index contributed by atoms with van der Waals surface area (Å²) in [6.07, 6.45) is 1.95. The molecule has 186 valence electrons. The molecular weight excluding hydrogens is 484 g/mol. The highest BCUT2D eigenvalue weighted by Gasteiger charge is 2.20. The first-order chi connectivity index (χ1) is 16.6. The number of rotatable bonds is 10. The fourth-order valence-corrected chi connectivity index (χ4v) is 4.85. The summed E-state index contributed by atoms with van der Waals surface area (Å²) in [6.45, 7) is 4.36. The van der Waals surface area contributed by atoms with Crippen LogP contribution in [0.15, 0.2) is 72.8 Å². The van der Waals surface area contributed by atoms with Crippen LogP contribution in [0.25, 0.3) is 0 Å². The molecule has 3 aromatic rings. The number of amides is 1. The minimum atomic E-state index is -3.54. The van der Waals surface area contributed by atoms with E-state index in [2.05, 4.69) is 19.2 Å². The molecule has 0 saturated carbocycles. The van der Waals surface area contributed by atoms with Gasteiger partial charge < -0.3 is 10.1 Å². The third kappa shape index (κ3) is 7.47. The Morgan fingerprint density at radius 3 is 2.23 bits per heavy atom. The van der Waals surface area contributed by atoms with Crippen LogP contribution in [0.1, 0.15) is 47.8 Å². The van der Waals surface area contributed by atoms with Crippen molar-refractivity contribution < 1.29 is 17.9 Å². The first-order valence-corrected chi connectivity index (χ1v) is 13.6. The highest BCUT2D eigenvalue weighted by Crippen LogP contribution is 2.26. The molecule has 0 aliphatic heterocycles. The largest absolute Gasteiger partial charge is 0.497 e. The third-order valence-electron chi connectivity index (χ3n) is 5.57. The zero-order valence-electron chi connectivity index (χ0n) is 20.4. The van der Waals surface area contributed by atoms with Crippen molar-refractivity contribution in [2.24, 2.45) is 5.92 Å². The maximum atomic E-state index is 13.0. The van der Waals surface area contributed by atoms with Crippen LogP contribution >= 0.6 is 11.6 Å². The Bertz CT molecular complexity index is 1240. The van der Waals surface area contributed by atoms with Gasteiger partial charge >= 0.3 is 0 Å². The molecule has 8 heteroatoms. The van der Waals surface area contributed by atoms with E-state index in [-0.39, 0.29) is 18.5 Å². The molecule has 1 atom stereocenters. The number of methoxy groups -OCH3 is 1. The molecule has 0 spiro atoms. The number of benzene rings is 3. The SMILES string of the molecule is COc1ccc([C@@H](CC(C)C)NC(=O)c2ccc(CN(c3cccc(Cl)c3)S(C)(=O)=O)cc2)cc1. The smallest absolute Gasteiger partial charge is 0.251 e. The second-order valence-electron chi connectivity index (χ2n) is 8.88. The molecule has 35 heavy (non-hydrogen) atoms. The minimum Gasteiger partial charge on any atom is -0.497 e. The highest BCUT2D eigenvalue weighted by molar-refractivity contribution is 7.92. The summed E-state index contributed by atoms with van der Waals surface area (Å²) in [5, 5.41) is 3.59. The van der Waals surface area contributed by atoms with Gasteiger partial charge in [-0.3, -0.25) is 9.10 Å². The fourth-order valence-electron chi connectivity index (χ4n) is 3.79. The molecule has 1 amide bonds. The molecule has 0 radical (unpaired) electrons. The number of carbonyl (C=O) groups excluding carboxylic acids is 1. The van der Waals surface area contributed by atoms with Gasteiger partial charge in [-0.25, -0.2) is 8.42 Å². The lowest BCUT2D eigenvalue weighted by molar-refractivity contribution is 0.0932. The molecule has 6 nitrogen and oxygen atoms in total. The van der Waals surface area contributed by atoms with E-state index in [9.17, 15) is 13.2 Å². The number of hydrogen-bond donors (Lipinski definition) is 1. The number of nitrogens with one attached hydrogen (secondary N) is 1. The molecule has 0 unspecified atom stereocenters. The second kappa shape index (κ2) is 11.6. The molecular formula is C27H31ClN2O4S. The molecule has 0 saturated heterocycles. The van der Waals surface area contributed by atoms with Gasteiger partial charge in [0.25, 0.3) is 5.91 Å². The molecule has 0 heterocycles. The number of anilines is 1. The lowest BCUT2D eigenvalue weighted by Gasteiger charge is -2.23. The lowest BCUT2D eigenvalue weighted by Crippen LogP contribution is -2.30. The van der Waals surface area contributed by atoms with Crippen LogP contribution in [-0.4, -0.2) is 27.7 Å². The minimum absolute atomic E-state index is 0.128. The van der Waals surface area contributed by atoms with Crippen molar-refractivity contribution in [3.63, 3.8) is 0 Å². The Morgan fingerprint density at radius 2 is 1.69 bits per heavy atom. The summed E-state index contributed by atoms with van der Waals surface area (Å²) in [6, 6.07) is 21.2. The van der Waals surface area contributed by atoms with Crippen molar-refractivity contribution in [2.75, 3.05) is 17.7 Å². The topological polar surface area (TPSA) is 75.7 Å². The van der Waals surface area contributed by atoms with Crippen LogP contribution in [0, 0.1) is 5.92 Å². The lowest BCUT2D eigenvalue weighted by atomic mass is 9.96. The van der Waals surface area contributed by atoms with E-state index in [4.69, 9.17) is 16.3 Å². The molecule has 0 aliphatic rings. The van der Waals surface area contributed by atoms with Crippen molar-refractivity contribution in [3.05, 3.63) is 94.5 Å². The maximum Gasteiger partial charge on any atom is 0.251 e. The maximum absolute atomic E-state index is 13.0. The van der Waals surface area contributed by atoms with Crippen molar-refractivity contribution >= 4 is 33.2 Å². The third-order valence-corrected chi connectivity index (χ3v) is 6.95. The molecule has 0 aromatic heterocycles. The average Bonchev–Trinajstić information content (AvgIpc) is 2.81. The Kier molecular flexibility index (Phi) is 8.81. The molecule has 1 N–H and O–H groups in total. The number of halogens is 1. The first-order valence-electron chi connectivity index (χ1n) is 11.3. The quantitative estimate of drug-likeness (QED) is 0.369. The van der Waals surface area contributed by atoms with Gasteiger partial charge in [-0.2, -0.15) is 0 Å². The monoisotopic (exact) mass is 514 g/mol. The predicted octanol–water partition coefficient (Wildman–Crippen LogP) is 5.83. The first kappa shape index (κ1) is 26.6. The van der Waals surface area contributed by atoms with E-state index in [0.29, 0.717) is 22.2 Å². The number of carbonyl (C=O) groups is 1. The summed E-state index contributed by atoms with van der Waals surface area (Å²) >= 11 is 6.06. The Labute approximate surface area is 212 Å². The molecule has 3 rings (SSSR count). The summed E-state index contributed by atoms with van der Waals surface area (Å²) in [7, 11) is -1.91. The second-order valence-corrected chi connectivity index (χ2v) is 11.2. The van der Waals surface area contributed by atoms with E-state index in [1.54, 1.807) is 55.6 Å². The number of hydrogen-bond acceptors (Lipinski definition) is 4. The van der Waals surface area contributed by atoms with Crippen molar-refractivity contribution in [3.8, 4) is 5.75 Å². The van der Waals surface area contributed by atoms with E-state index < -0.39 is 10.0 Å². The molecule has 0 bridgehead atoms. The summed E-state index contributed by atoms with van der Waals surface area (Å²) in [5.41, 5.74) is 2.75. The van der Waals surface area contributed by atoms with E-state index in [0.717, 1.165) is 29.6 Å². The zero-order valence-corrected chi connectivity index (χ0v) is 21.9. The van der Waals surface area contributed by atoms with Gasteiger partial charge in [0, 0.05) is 10.6 Å². The highest BCUT2D eigenvalue weighted by atomic mass is 35.5. The van der Waals surface area contributed by atoms with Crippen LogP contribution in [0.3, 0.4) is 0 Å². The predicted molar refractivity (Wildman–Crippen MR) is 142 cm³/mol. The number of ether oxygens (including phenoxy) is 1. The van der Waals surface area contributed by atoms with Gasteiger partial charge in [0.2, 0.25) is 10.0 Å². The van der Waals surface area contributed by atoms with Gasteiger partial charge in [0.1, 0.15) is 5.75 Å². The van der Waals surface area contributed by atoms with Gasteiger partial charge in [0.05, 0.1) is 31.6 Å². The molecule has 0 fully saturated rings. The van der Waals surface area contributed by atoms with Crippen LogP contribution in [0.4, 0.5) is 5.69 Å². The van der Waals surface area contributed by atoms with Crippen molar-refractivity contribution in [1.82, 2.24) is 5.32 Å². The summed E-state index contributed by atoms with van der Waals surface area (Å²) in [4.78, 5) is 13.0. The Balaban J connectivity index is 1.76. The van der Waals surface area contributed by atoms with Gasteiger partial charge in [-0.05, 0) is 65.9 Å². The van der Waals surface area contributed by atoms with Gasteiger partial charge in [0.15, 0.2) is 0 Å². The average molecular weight is 515 g/mol. The molecule has 0 aliphatic carbocycles. The van der Waals surface area contributed by atoms with Gasteiger partial charge in [-0.15, -0.1) is 0 Å². The van der Waals surface area contributed by atoms with Crippen molar-refractivity contribution in [1.29, 1.82) is 0 Å². The van der Waals surface area contributed by atoms with Crippen LogP contribution in [0.5, 0.6) is 5.75 Å². The number of sulfonamides is 1. The Morgan fingerprint density at radius 1 is 1.03 bits per heavy atom. The van der Waals surface area contributed by atoms with E-state index in [1.807, 2.05) is 24.3 Å². The zero-order chi connectivity index (χ0) is 25.6. The van der Waals surface area contributed by atoms with E-state index in [1.165, 1.54) is 4.31 Å². The van der Waals surface area contributed by atoms with Crippen LogP contribution < -0.4 is 14.4 Å². The summed E-state index contributed by atoms with van der Waals surface area (Å²) in [5.74, 6) is 0.964. The Hall–Kier alpha value is -3.03.